The van der Waals surface area contributed by atoms with E-state index in [1.54, 1.807) is 11.1 Å². The van der Waals surface area contributed by atoms with Gasteiger partial charge in [0.25, 0.3) is 0 Å². The lowest BCUT2D eigenvalue weighted by Crippen LogP contribution is -2.55. The average molecular weight is 580 g/mol. The SMILES string of the molecule is c1ccc(N(c2ccc(-c3ccc4c(c3)-c3ccccc3C43C4CC5CC(C4)CC3C5)cc2)c2cccc3ccccc23)cc1. The van der Waals surface area contributed by atoms with E-state index >= 15 is 0 Å². The van der Waals surface area contributed by atoms with Crippen molar-refractivity contribution in [1.29, 1.82) is 0 Å². The molecule has 1 spiro atoms. The summed E-state index contributed by atoms with van der Waals surface area (Å²) in [4.78, 5) is 2.39. The number of nitrogens with zero attached hydrogens (tertiary/aromatic N) is 1. The smallest absolute Gasteiger partial charge is 0.0540 e. The van der Waals surface area contributed by atoms with Crippen molar-refractivity contribution in [2.45, 2.75) is 37.5 Å². The highest BCUT2D eigenvalue weighted by Gasteiger charge is 2.61. The number of anilines is 3. The first kappa shape index (κ1) is 25.7. The first-order valence-electron chi connectivity index (χ1n) is 16.9. The molecule has 6 aromatic carbocycles. The highest BCUT2D eigenvalue weighted by molar-refractivity contribution is 5.99. The van der Waals surface area contributed by atoms with Gasteiger partial charge in [0.05, 0.1) is 5.69 Å². The number of rotatable bonds is 4. The third kappa shape index (κ3) is 3.67. The lowest BCUT2D eigenvalue weighted by molar-refractivity contribution is -0.0399. The Labute approximate surface area is 266 Å². The largest absolute Gasteiger partial charge is 0.310 e. The summed E-state index contributed by atoms with van der Waals surface area (Å²) in [5.41, 5.74) is 12.6. The molecular formula is C44H37N. The van der Waals surface area contributed by atoms with Gasteiger partial charge in [0.15, 0.2) is 0 Å². The zero-order chi connectivity index (χ0) is 29.5. The van der Waals surface area contributed by atoms with Gasteiger partial charge >= 0.3 is 0 Å². The van der Waals surface area contributed by atoms with Crippen molar-refractivity contribution in [2.24, 2.45) is 23.7 Å². The molecule has 1 nitrogen and oxygen atoms in total. The van der Waals surface area contributed by atoms with Crippen LogP contribution in [0.5, 0.6) is 0 Å². The van der Waals surface area contributed by atoms with Crippen LogP contribution in [0.3, 0.4) is 0 Å². The topological polar surface area (TPSA) is 3.24 Å². The minimum atomic E-state index is 0.233. The Morgan fingerprint density at radius 3 is 1.89 bits per heavy atom. The maximum absolute atomic E-state index is 2.53. The Morgan fingerprint density at radius 2 is 1.09 bits per heavy atom. The quantitative estimate of drug-likeness (QED) is 0.201. The normalized spacial score (nSPS) is 25.4. The minimum absolute atomic E-state index is 0.233. The van der Waals surface area contributed by atoms with E-state index in [0.29, 0.717) is 0 Å². The first-order valence-corrected chi connectivity index (χ1v) is 16.9. The summed E-state index contributed by atoms with van der Waals surface area (Å²) in [6.45, 7) is 0. The number of hydrogen-bond donors (Lipinski definition) is 0. The molecule has 0 aliphatic heterocycles. The Bertz CT molecular complexity index is 2040. The molecule has 6 aromatic rings. The van der Waals surface area contributed by atoms with Gasteiger partial charge in [-0.15, -0.1) is 0 Å². The summed E-state index contributed by atoms with van der Waals surface area (Å²) >= 11 is 0. The highest BCUT2D eigenvalue weighted by atomic mass is 15.1. The molecule has 5 aliphatic rings. The lowest BCUT2D eigenvalue weighted by Gasteiger charge is -2.61. The van der Waals surface area contributed by atoms with Crippen molar-refractivity contribution in [3.63, 3.8) is 0 Å². The zero-order valence-corrected chi connectivity index (χ0v) is 25.6. The zero-order valence-electron chi connectivity index (χ0n) is 25.6. The van der Waals surface area contributed by atoms with E-state index in [4.69, 9.17) is 0 Å². The molecule has 4 saturated carbocycles. The van der Waals surface area contributed by atoms with Crippen LogP contribution in [0.25, 0.3) is 33.0 Å². The molecule has 0 radical (unpaired) electrons. The van der Waals surface area contributed by atoms with Gasteiger partial charge in [-0.05, 0) is 131 Å². The Hall–Kier alpha value is -4.62. The second-order valence-electron chi connectivity index (χ2n) is 14.2. The van der Waals surface area contributed by atoms with Crippen LogP contribution in [0.15, 0.2) is 140 Å². The van der Waals surface area contributed by atoms with Gasteiger partial charge < -0.3 is 4.90 Å². The first-order chi connectivity index (χ1) is 22.3. The number of fused-ring (bicyclic) bond motifs is 4. The molecule has 4 fully saturated rings. The van der Waals surface area contributed by atoms with Crippen molar-refractivity contribution in [3.8, 4) is 22.3 Å². The third-order valence-electron chi connectivity index (χ3n) is 12.0. The van der Waals surface area contributed by atoms with E-state index < -0.39 is 0 Å². The van der Waals surface area contributed by atoms with Crippen LogP contribution in [0.1, 0.15) is 43.2 Å². The monoisotopic (exact) mass is 579 g/mol. The molecule has 218 valence electrons. The molecule has 0 unspecified atom stereocenters. The molecule has 45 heavy (non-hydrogen) atoms. The molecule has 0 heterocycles. The van der Waals surface area contributed by atoms with Crippen molar-refractivity contribution in [1.82, 2.24) is 0 Å². The molecular weight excluding hydrogens is 542 g/mol. The molecule has 11 rings (SSSR count). The van der Waals surface area contributed by atoms with E-state index in [1.165, 1.54) is 76.5 Å². The molecule has 4 bridgehead atoms. The molecule has 0 saturated heterocycles. The van der Waals surface area contributed by atoms with Gasteiger partial charge in [-0.25, -0.2) is 0 Å². The van der Waals surface area contributed by atoms with Crippen LogP contribution in [-0.4, -0.2) is 0 Å². The summed E-state index contributed by atoms with van der Waals surface area (Å²) < 4.78 is 0. The summed E-state index contributed by atoms with van der Waals surface area (Å²) in [7, 11) is 0. The van der Waals surface area contributed by atoms with E-state index in [0.717, 1.165) is 29.4 Å². The summed E-state index contributed by atoms with van der Waals surface area (Å²) in [6.07, 6.45) is 7.21. The second-order valence-corrected chi connectivity index (χ2v) is 14.2. The maximum atomic E-state index is 2.53. The summed E-state index contributed by atoms with van der Waals surface area (Å²) in [5.74, 6) is 3.55. The van der Waals surface area contributed by atoms with Crippen molar-refractivity contribution >= 4 is 27.8 Å². The predicted octanol–water partition coefficient (Wildman–Crippen LogP) is 11.7. The van der Waals surface area contributed by atoms with Crippen LogP contribution in [0, 0.1) is 23.7 Å². The Balaban J connectivity index is 1.07. The summed E-state index contributed by atoms with van der Waals surface area (Å²) in [5, 5.41) is 2.51. The van der Waals surface area contributed by atoms with Crippen LogP contribution in [-0.2, 0) is 5.41 Å². The lowest BCUT2D eigenvalue weighted by atomic mass is 9.43. The van der Waals surface area contributed by atoms with E-state index in [2.05, 4.69) is 144 Å². The summed E-state index contributed by atoms with van der Waals surface area (Å²) in [6, 6.07) is 52.2. The van der Waals surface area contributed by atoms with E-state index in [1.807, 2.05) is 0 Å². The van der Waals surface area contributed by atoms with Crippen LogP contribution in [0.2, 0.25) is 0 Å². The van der Waals surface area contributed by atoms with Gasteiger partial charge in [0, 0.05) is 22.2 Å². The maximum Gasteiger partial charge on any atom is 0.0540 e. The van der Waals surface area contributed by atoms with Crippen LogP contribution in [0.4, 0.5) is 17.1 Å². The van der Waals surface area contributed by atoms with Crippen molar-refractivity contribution < 1.29 is 0 Å². The number of benzene rings is 6. The van der Waals surface area contributed by atoms with Crippen LogP contribution >= 0.6 is 0 Å². The Morgan fingerprint density at radius 1 is 0.467 bits per heavy atom. The third-order valence-corrected chi connectivity index (χ3v) is 12.0. The van der Waals surface area contributed by atoms with E-state index in [9.17, 15) is 0 Å². The van der Waals surface area contributed by atoms with Gasteiger partial charge in [-0.1, -0.05) is 103 Å². The fourth-order valence-corrected chi connectivity index (χ4v) is 10.5. The predicted molar refractivity (Wildman–Crippen MR) is 187 cm³/mol. The van der Waals surface area contributed by atoms with Gasteiger partial charge in [0.1, 0.15) is 0 Å². The van der Waals surface area contributed by atoms with Gasteiger partial charge in [-0.3, -0.25) is 0 Å². The number of para-hydroxylation sites is 1. The molecule has 0 amide bonds. The molecule has 0 aromatic heterocycles. The van der Waals surface area contributed by atoms with Gasteiger partial charge in [-0.2, -0.15) is 0 Å². The molecule has 0 atom stereocenters. The fraction of sp³-hybridized carbons (Fsp3) is 0.227. The van der Waals surface area contributed by atoms with Crippen molar-refractivity contribution in [3.05, 3.63) is 151 Å². The fourth-order valence-electron chi connectivity index (χ4n) is 10.5. The van der Waals surface area contributed by atoms with Crippen molar-refractivity contribution in [2.75, 3.05) is 4.90 Å². The number of hydrogen-bond acceptors (Lipinski definition) is 1. The van der Waals surface area contributed by atoms with Gasteiger partial charge in [0.2, 0.25) is 0 Å². The molecule has 0 N–H and O–H groups in total. The Kier molecular flexibility index (Phi) is 5.53. The molecule has 1 heteroatoms. The van der Waals surface area contributed by atoms with Crippen LogP contribution < -0.4 is 4.90 Å². The van der Waals surface area contributed by atoms with E-state index in [-0.39, 0.29) is 5.41 Å². The molecule has 5 aliphatic carbocycles. The standard InChI is InChI=1S/C44H37N/c1-2-11-36(12-3-1)45(43-16-8-10-32-9-4-5-13-38(32)43)37-20-17-31(18-21-37)33-19-22-42-40(28-33)39-14-6-7-15-41(39)44(42)34-24-29-23-30(26-34)27-35(44)25-29/h1-22,28-30,34-35H,23-27H2. The highest BCUT2D eigenvalue weighted by Crippen LogP contribution is 2.69. The average Bonchev–Trinajstić information content (AvgIpc) is 3.38. The minimum Gasteiger partial charge on any atom is -0.310 e. The second kappa shape index (κ2) is 9.69.